The first kappa shape index (κ1) is 73.0. The minimum Gasteiger partial charge on any atom is -0.462 e. The molecule has 0 spiro atoms. The molecule has 0 aromatic heterocycles. The minimum atomic E-state index is -0.821. The highest BCUT2D eigenvalue weighted by atomic mass is 16.6. The van der Waals surface area contributed by atoms with Crippen molar-refractivity contribution in [1.82, 2.24) is 0 Å². The van der Waals surface area contributed by atoms with E-state index in [0.29, 0.717) is 19.3 Å². The number of hydrogen-bond donors (Lipinski definition) is 0. The molecule has 1 atom stereocenters. The average Bonchev–Trinajstić information content (AvgIpc) is 3.44. The number of carbonyl (C=O) groups excluding carboxylic acids is 3. The third-order valence-corrected chi connectivity index (χ3v) is 12.7. The number of unbranched alkanes of at least 4 members (excludes halogenated alkanes) is 18. The van der Waals surface area contributed by atoms with Gasteiger partial charge in [-0.05, 0) is 135 Å². The summed E-state index contributed by atoms with van der Waals surface area (Å²) in [6, 6.07) is 0. The van der Waals surface area contributed by atoms with Crippen molar-refractivity contribution in [2.45, 2.75) is 264 Å². The van der Waals surface area contributed by atoms with Crippen LogP contribution in [0.25, 0.3) is 0 Å². The summed E-state index contributed by atoms with van der Waals surface area (Å²) in [6.45, 7) is 6.29. The highest BCUT2D eigenvalue weighted by molar-refractivity contribution is 5.71. The Kier molecular flexibility index (Phi) is 60.4. The van der Waals surface area contributed by atoms with Gasteiger partial charge in [0, 0.05) is 19.3 Å². The lowest BCUT2D eigenvalue weighted by Crippen LogP contribution is -2.30. The first-order valence-corrected chi connectivity index (χ1v) is 31.5. The lowest BCUT2D eigenvalue weighted by atomic mass is 10.0. The predicted octanol–water partition coefficient (Wildman–Crippen LogP) is 21.7. The zero-order chi connectivity index (χ0) is 56.4. The van der Waals surface area contributed by atoms with E-state index in [2.05, 4.69) is 179 Å². The van der Waals surface area contributed by atoms with Crippen LogP contribution in [-0.4, -0.2) is 37.2 Å². The molecule has 0 aliphatic heterocycles. The Morgan fingerprint density at radius 1 is 0.269 bits per heavy atom. The standard InChI is InChI=1S/C72H114O6/c1-4-7-10-13-16-19-22-24-26-28-30-32-34-35-36-37-39-40-42-44-46-48-50-53-56-59-62-65-71(74)77-68-69(67-76-70(73)64-61-58-55-52-21-18-15-12-9-6-3)78-72(75)66-63-60-57-54-51-49-47-45-43-41-38-33-31-29-27-25-23-20-17-14-11-8-5-2/h7-8,10-12,15-17,19-20,24-27,30-33,35-36,41,43,47,49,54,57,69H,4-6,9,13-14,18,21-23,28-29,34,37-40,42,44-46,48,50-53,55-56,58-68H2,1-3H3/b10-7-,11-8-,15-12-,19-16-,20-17-,26-24-,27-25-,32-30-,33-31-,36-35-,43-41-,49-47-,57-54-. The van der Waals surface area contributed by atoms with Gasteiger partial charge in [0.15, 0.2) is 6.10 Å². The Labute approximate surface area is 480 Å². The Morgan fingerprint density at radius 3 is 0.833 bits per heavy atom. The van der Waals surface area contributed by atoms with Gasteiger partial charge in [-0.15, -0.1) is 0 Å². The van der Waals surface area contributed by atoms with Gasteiger partial charge in [-0.2, -0.15) is 0 Å². The molecule has 0 bridgehead atoms. The SMILES string of the molecule is CC/C=C\C/C=C\C/C=C\C/C=C\C/C=C\C/C=C\C/C=C\CCCC(=O)OC(COC(=O)CCCCCCC/C=C\CCC)COC(=O)CCCCCCCCCCCCC/C=C\C/C=C\C/C=C\C/C=C\C/C=C\CC. The summed E-state index contributed by atoms with van der Waals surface area (Å²) in [4.78, 5) is 38.2. The number of hydrogen-bond acceptors (Lipinski definition) is 6. The maximum atomic E-state index is 12.9. The Bertz CT molecular complexity index is 1760. The third kappa shape index (κ3) is 61.9. The molecule has 0 aliphatic rings. The Balaban J connectivity index is 4.37. The second-order valence-corrected chi connectivity index (χ2v) is 20.2. The summed E-state index contributed by atoms with van der Waals surface area (Å²) in [5.74, 6) is -0.990. The van der Waals surface area contributed by atoms with E-state index in [1.807, 2.05) is 0 Å². The third-order valence-electron chi connectivity index (χ3n) is 12.7. The monoisotopic (exact) mass is 1070 g/mol. The molecule has 0 amide bonds. The lowest BCUT2D eigenvalue weighted by Gasteiger charge is -2.18. The molecule has 0 rings (SSSR count). The summed E-state index contributed by atoms with van der Waals surface area (Å²) in [6.07, 6.45) is 94.0. The molecule has 78 heavy (non-hydrogen) atoms. The zero-order valence-corrected chi connectivity index (χ0v) is 50.1. The Hall–Kier alpha value is -4.97. The highest BCUT2D eigenvalue weighted by Gasteiger charge is 2.19. The predicted molar refractivity (Wildman–Crippen MR) is 338 cm³/mol. The molecule has 0 radical (unpaired) electrons. The summed E-state index contributed by atoms with van der Waals surface area (Å²) in [5.41, 5.74) is 0. The van der Waals surface area contributed by atoms with Gasteiger partial charge < -0.3 is 14.2 Å². The lowest BCUT2D eigenvalue weighted by molar-refractivity contribution is -0.167. The van der Waals surface area contributed by atoms with E-state index in [1.165, 1.54) is 70.6 Å². The average molecular weight is 1080 g/mol. The molecule has 0 aliphatic carbocycles. The molecule has 0 saturated carbocycles. The summed E-state index contributed by atoms with van der Waals surface area (Å²) >= 11 is 0. The smallest absolute Gasteiger partial charge is 0.306 e. The summed E-state index contributed by atoms with van der Waals surface area (Å²) in [7, 11) is 0. The molecule has 0 N–H and O–H groups in total. The molecule has 0 heterocycles. The van der Waals surface area contributed by atoms with Gasteiger partial charge in [-0.1, -0.05) is 262 Å². The number of ether oxygens (including phenoxy) is 3. The topological polar surface area (TPSA) is 78.9 Å². The number of allylic oxidation sites excluding steroid dienone is 26. The molecule has 0 saturated heterocycles. The maximum absolute atomic E-state index is 12.9. The molecule has 438 valence electrons. The molecular formula is C72H114O6. The van der Waals surface area contributed by atoms with Gasteiger partial charge in [-0.3, -0.25) is 14.4 Å². The molecule has 1 unspecified atom stereocenters. The zero-order valence-electron chi connectivity index (χ0n) is 50.1. The number of carbonyl (C=O) groups is 3. The highest BCUT2D eigenvalue weighted by Crippen LogP contribution is 2.15. The number of esters is 3. The maximum Gasteiger partial charge on any atom is 0.306 e. The minimum absolute atomic E-state index is 0.111. The van der Waals surface area contributed by atoms with Crippen LogP contribution in [0, 0.1) is 0 Å². The van der Waals surface area contributed by atoms with Gasteiger partial charge in [0.25, 0.3) is 0 Å². The van der Waals surface area contributed by atoms with E-state index < -0.39 is 6.10 Å². The summed E-state index contributed by atoms with van der Waals surface area (Å²) in [5, 5.41) is 0. The van der Waals surface area contributed by atoms with Crippen LogP contribution in [-0.2, 0) is 28.6 Å². The van der Waals surface area contributed by atoms with Crippen LogP contribution in [0.15, 0.2) is 158 Å². The van der Waals surface area contributed by atoms with Gasteiger partial charge >= 0.3 is 17.9 Å². The van der Waals surface area contributed by atoms with E-state index in [-0.39, 0.29) is 37.5 Å². The fraction of sp³-hybridized carbons (Fsp3) is 0.597. The van der Waals surface area contributed by atoms with Crippen molar-refractivity contribution in [3.8, 4) is 0 Å². The normalized spacial score (nSPS) is 13.2. The fourth-order valence-corrected chi connectivity index (χ4v) is 8.11. The van der Waals surface area contributed by atoms with Crippen LogP contribution in [0.3, 0.4) is 0 Å². The van der Waals surface area contributed by atoms with Crippen LogP contribution in [0.1, 0.15) is 258 Å². The molecule has 6 heteroatoms. The van der Waals surface area contributed by atoms with Gasteiger partial charge in [0.05, 0.1) is 0 Å². The largest absolute Gasteiger partial charge is 0.462 e. The molecule has 6 nitrogen and oxygen atoms in total. The van der Waals surface area contributed by atoms with Crippen LogP contribution in [0.5, 0.6) is 0 Å². The van der Waals surface area contributed by atoms with Crippen molar-refractivity contribution in [3.63, 3.8) is 0 Å². The second-order valence-electron chi connectivity index (χ2n) is 20.2. The van der Waals surface area contributed by atoms with E-state index in [4.69, 9.17) is 14.2 Å². The van der Waals surface area contributed by atoms with E-state index in [0.717, 1.165) is 141 Å². The van der Waals surface area contributed by atoms with Crippen molar-refractivity contribution in [2.75, 3.05) is 13.2 Å². The van der Waals surface area contributed by atoms with Gasteiger partial charge in [0.1, 0.15) is 13.2 Å². The van der Waals surface area contributed by atoms with Crippen molar-refractivity contribution in [3.05, 3.63) is 158 Å². The quantitative estimate of drug-likeness (QED) is 0.0261. The first-order valence-electron chi connectivity index (χ1n) is 31.5. The van der Waals surface area contributed by atoms with E-state index in [9.17, 15) is 14.4 Å². The molecule has 0 aromatic carbocycles. The van der Waals surface area contributed by atoms with E-state index >= 15 is 0 Å². The van der Waals surface area contributed by atoms with Crippen molar-refractivity contribution >= 4 is 17.9 Å². The Morgan fingerprint density at radius 2 is 0.513 bits per heavy atom. The molecule has 0 fully saturated rings. The second kappa shape index (κ2) is 64.6. The molecular weight excluding hydrogens is 961 g/mol. The van der Waals surface area contributed by atoms with Gasteiger partial charge in [0.2, 0.25) is 0 Å². The number of rotatable bonds is 55. The van der Waals surface area contributed by atoms with Crippen molar-refractivity contribution < 1.29 is 28.6 Å². The van der Waals surface area contributed by atoms with Crippen LogP contribution in [0.2, 0.25) is 0 Å². The summed E-state index contributed by atoms with van der Waals surface area (Å²) < 4.78 is 16.8. The van der Waals surface area contributed by atoms with Gasteiger partial charge in [-0.25, -0.2) is 0 Å². The van der Waals surface area contributed by atoms with Crippen LogP contribution in [0.4, 0.5) is 0 Å². The fourth-order valence-electron chi connectivity index (χ4n) is 8.11. The molecule has 0 aromatic rings. The van der Waals surface area contributed by atoms with E-state index in [1.54, 1.807) is 0 Å². The van der Waals surface area contributed by atoms with Crippen molar-refractivity contribution in [1.29, 1.82) is 0 Å². The van der Waals surface area contributed by atoms with Crippen LogP contribution >= 0.6 is 0 Å². The van der Waals surface area contributed by atoms with Crippen LogP contribution < -0.4 is 0 Å². The first-order chi connectivity index (χ1) is 38.5. The van der Waals surface area contributed by atoms with Crippen molar-refractivity contribution in [2.24, 2.45) is 0 Å².